The number of nitrogens with one attached hydrogen (secondary N) is 1. The average molecular weight is 411 g/mol. The number of halogens is 1. The van der Waals surface area contributed by atoms with Gasteiger partial charge in [-0.25, -0.2) is 14.4 Å². The van der Waals surface area contributed by atoms with Gasteiger partial charge in [-0.15, -0.1) is 0 Å². The summed E-state index contributed by atoms with van der Waals surface area (Å²) < 4.78 is 13.2. The second-order valence-corrected chi connectivity index (χ2v) is 7.26. The molecule has 0 radical (unpaired) electrons. The lowest BCUT2D eigenvalue weighted by Crippen LogP contribution is -2.25. The number of carbonyl (C=O) groups is 1. The number of carbonyl (C=O) groups excluding carboxylic acids is 1. The van der Waals surface area contributed by atoms with E-state index >= 15 is 0 Å². The van der Waals surface area contributed by atoms with Gasteiger partial charge in [-0.1, -0.05) is 60.7 Å². The van der Waals surface area contributed by atoms with E-state index in [1.165, 1.54) is 18.5 Å². The van der Waals surface area contributed by atoms with Crippen molar-refractivity contribution in [2.24, 2.45) is 0 Å². The van der Waals surface area contributed by atoms with Crippen LogP contribution in [0, 0.1) is 5.82 Å². The van der Waals surface area contributed by atoms with Crippen molar-refractivity contribution in [1.29, 1.82) is 0 Å². The Morgan fingerprint density at radius 2 is 1.45 bits per heavy atom. The van der Waals surface area contributed by atoms with E-state index in [2.05, 4.69) is 15.3 Å². The fourth-order valence-corrected chi connectivity index (χ4v) is 3.52. The molecule has 4 nitrogen and oxygen atoms in total. The number of hydrogen-bond donors (Lipinski definition) is 1. The zero-order chi connectivity index (χ0) is 21.5. The van der Waals surface area contributed by atoms with E-state index in [9.17, 15) is 9.18 Å². The summed E-state index contributed by atoms with van der Waals surface area (Å²) in [6.45, 7) is 0.297. The summed E-state index contributed by atoms with van der Waals surface area (Å²) in [5.74, 6) is -0.376. The van der Waals surface area contributed by atoms with E-state index in [0.29, 0.717) is 24.4 Å². The Morgan fingerprint density at radius 1 is 0.839 bits per heavy atom. The highest BCUT2D eigenvalue weighted by Crippen LogP contribution is 2.27. The molecule has 0 aliphatic heterocycles. The van der Waals surface area contributed by atoms with Crippen LogP contribution in [0.25, 0.3) is 11.3 Å². The Hall–Kier alpha value is -3.86. The number of rotatable bonds is 7. The molecule has 0 saturated heterocycles. The van der Waals surface area contributed by atoms with Crippen molar-refractivity contribution in [3.05, 3.63) is 120 Å². The molecule has 0 fully saturated rings. The minimum absolute atomic E-state index is 0.0254. The molecule has 0 atom stereocenters. The normalized spacial score (nSPS) is 10.8. The Labute approximate surface area is 180 Å². The summed E-state index contributed by atoms with van der Waals surface area (Å²) in [4.78, 5) is 21.3. The number of nitrogens with zero attached hydrogens (tertiary/aromatic N) is 2. The molecule has 1 heterocycles. The van der Waals surface area contributed by atoms with Crippen LogP contribution in [0.2, 0.25) is 0 Å². The van der Waals surface area contributed by atoms with E-state index < -0.39 is 0 Å². The zero-order valence-electron chi connectivity index (χ0n) is 16.9. The number of amides is 1. The first-order valence-corrected chi connectivity index (χ1v) is 10.1. The van der Waals surface area contributed by atoms with E-state index in [-0.39, 0.29) is 17.6 Å². The highest BCUT2D eigenvalue weighted by molar-refractivity contribution is 5.77. The van der Waals surface area contributed by atoms with E-state index in [1.807, 2.05) is 60.7 Å². The van der Waals surface area contributed by atoms with E-state index in [0.717, 1.165) is 16.7 Å². The van der Waals surface area contributed by atoms with Gasteiger partial charge in [-0.3, -0.25) is 4.79 Å². The highest BCUT2D eigenvalue weighted by atomic mass is 19.1. The van der Waals surface area contributed by atoms with Crippen molar-refractivity contribution in [1.82, 2.24) is 15.3 Å². The van der Waals surface area contributed by atoms with E-state index in [4.69, 9.17) is 0 Å². The fourth-order valence-electron chi connectivity index (χ4n) is 3.52. The second kappa shape index (κ2) is 9.76. The van der Waals surface area contributed by atoms with E-state index in [1.54, 1.807) is 18.2 Å². The van der Waals surface area contributed by atoms with Crippen LogP contribution >= 0.6 is 0 Å². The minimum Gasteiger partial charge on any atom is -0.350 e. The molecule has 0 unspecified atom stereocenters. The van der Waals surface area contributed by atoms with Crippen molar-refractivity contribution in [2.75, 3.05) is 0 Å². The molecule has 154 valence electrons. The van der Waals surface area contributed by atoms with Crippen LogP contribution < -0.4 is 5.32 Å². The molecule has 5 heteroatoms. The molecule has 0 aliphatic rings. The predicted octanol–water partition coefficient (Wildman–Crippen LogP) is 5.12. The lowest BCUT2D eigenvalue weighted by atomic mass is 9.88. The molecule has 1 amide bonds. The minimum atomic E-state index is -0.295. The Balaban J connectivity index is 1.44. The average Bonchev–Trinajstić information content (AvgIpc) is 2.83. The smallest absolute Gasteiger partial charge is 0.221 e. The molecular weight excluding hydrogens is 389 g/mol. The first-order chi connectivity index (χ1) is 15.2. The van der Waals surface area contributed by atoms with Gasteiger partial charge >= 0.3 is 0 Å². The molecule has 0 spiro atoms. The third-order valence-electron chi connectivity index (χ3n) is 5.12. The lowest BCUT2D eigenvalue weighted by Gasteiger charge is -2.18. The quantitative estimate of drug-likeness (QED) is 0.459. The van der Waals surface area contributed by atoms with Crippen molar-refractivity contribution in [2.45, 2.75) is 18.9 Å². The van der Waals surface area contributed by atoms with Gasteiger partial charge in [-0.2, -0.15) is 0 Å². The number of aromatic nitrogens is 2. The molecule has 0 aliphatic carbocycles. The first-order valence-electron chi connectivity index (χ1n) is 10.1. The molecule has 0 saturated carbocycles. The Kier molecular flexibility index (Phi) is 6.43. The monoisotopic (exact) mass is 411 g/mol. The highest BCUT2D eigenvalue weighted by Gasteiger charge is 2.18. The van der Waals surface area contributed by atoms with Crippen LogP contribution in [0.3, 0.4) is 0 Å². The third kappa shape index (κ3) is 5.39. The molecular formula is C26H22FN3O. The maximum Gasteiger partial charge on any atom is 0.221 e. The molecule has 0 bridgehead atoms. The maximum absolute atomic E-state index is 13.2. The fraction of sp³-hybridized carbons (Fsp3) is 0.115. The molecule has 4 rings (SSSR count). The second-order valence-electron chi connectivity index (χ2n) is 7.26. The standard InChI is InChI=1S/C26H22FN3O/c27-22-13-11-21(12-14-22)25-15-23(29-18-30-25)17-28-26(31)16-24(19-7-3-1-4-8-19)20-9-5-2-6-10-20/h1-15,18,24H,16-17H2,(H,28,31). The molecule has 31 heavy (non-hydrogen) atoms. The first kappa shape index (κ1) is 20.4. The van der Waals surface area contributed by atoms with Gasteiger partial charge in [-0.05, 0) is 41.5 Å². The number of benzene rings is 3. The molecule has 1 N–H and O–H groups in total. The Morgan fingerprint density at radius 3 is 2.06 bits per heavy atom. The Bertz CT molecular complexity index is 1090. The van der Waals surface area contributed by atoms with Crippen molar-refractivity contribution >= 4 is 5.91 Å². The van der Waals surface area contributed by atoms with Gasteiger partial charge in [0, 0.05) is 17.9 Å². The predicted molar refractivity (Wildman–Crippen MR) is 119 cm³/mol. The van der Waals surface area contributed by atoms with Gasteiger partial charge in [0.2, 0.25) is 5.91 Å². The summed E-state index contributed by atoms with van der Waals surface area (Å²) in [6.07, 6.45) is 1.79. The summed E-state index contributed by atoms with van der Waals surface area (Å²) in [7, 11) is 0. The van der Waals surface area contributed by atoms with Gasteiger partial charge < -0.3 is 5.32 Å². The summed E-state index contributed by atoms with van der Waals surface area (Å²) >= 11 is 0. The van der Waals surface area contributed by atoms with Crippen LogP contribution in [0.5, 0.6) is 0 Å². The van der Waals surface area contributed by atoms with Crippen molar-refractivity contribution < 1.29 is 9.18 Å². The summed E-state index contributed by atoms with van der Waals surface area (Å²) in [5, 5.41) is 2.97. The number of hydrogen-bond acceptors (Lipinski definition) is 3. The van der Waals surface area contributed by atoms with Gasteiger partial charge in [0.1, 0.15) is 12.1 Å². The maximum atomic E-state index is 13.2. The topological polar surface area (TPSA) is 54.9 Å². The molecule has 4 aromatic rings. The van der Waals surface area contributed by atoms with Crippen LogP contribution in [-0.2, 0) is 11.3 Å². The molecule has 1 aromatic heterocycles. The van der Waals surface area contributed by atoms with Crippen LogP contribution in [0.15, 0.2) is 97.3 Å². The summed E-state index contributed by atoms with van der Waals surface area (Å²) in [5.41, 5.74) is 4.38. The van der Waals surface area contributed by atoms with Gasteiger partial charge in [0.05, 0.1) is 17.9 Å². The van der Waals surface area contributed by atoms with Gasteiger partial charge in [0.15, 0.2) is 0 Å². The van der Waals surface area contributed by atoms with Gasteiger partial charge in [0.25, 0.3) is 0 Å². The molecule has 3 aromatic carbocycles. The zero-order valence-corrected chi connectivity index (χ0v) is 16.9. The largest absolute Gasteiger partial charge is 0.350 e. The van der Waals surface area contributed by atoms with Crippen LogP contribution in [-0.4, -0.2) is 15.9 Å². The van der Waals surface area contributed by atoms with Crippen molar-refractivity contribution in [3.8, 4) is 11.3 Å². The third-order valence-corrected chi connectivity index (χ3v) is 5.12. The SMILES string of the molecule is O=C(CC(c1ccccc1)c1ccccc1)NCc1cc(-c2ccc(F)cc2)ncn1. The van der Waals surface area contributed by atoms with Crippen LogP contribution in [0.4, 0.5) is 4.39 Å². The van der Waals surface area contributed by atoms with Crippen LogP contribution in [0.1, 0.15) is 29.2 Å². The summed E-state index contributed by atoms with van der Waals surface area (Å²) in [6, 6.07) is 28.0. The lowest BCUT2D eigenvalue weighted by molar-refractivity contribution is -0.121. The van der Waals surface area contributed by atoms with Crippen molar-refractivity contribution in [3.63, 3.8) is 0 Å².